The quantitative estimate of drug-likeness (QED) is 0.559. The first-order valence-corrected chi connectivity index (χ1v) is 10.7. The monoisotopic (exact) mass is 402 g/mol. The summed E-state index contributed by atoms with van der Waals surface area (Å²) >= 11 is 1.44. The van der Waals surface area contributed by atoms with Crippen molar-refractivity contribution in [2.75, 3.05) is 18.4 Å². The van der Waals surface area contributed by atoms with Gasteiger partial charge in [-0.05, 0) is 25.8 Å². The summed E-state index contributed by atoms with van der Waals surface area (Å²) in [5, 5.41) is 8.67. The van der Waals surface area contributed by atoms with Gasteiger partial charge in [-0.15, -0.1) is 11.3 Å². The number of nitrogens with one attached hydrogen (secondary N) is 2. The van der Waals surface area contributed by atoms with Gasteiger partial charge in [-0.25, -0.2) is 4.98 Å². The van der Waals surface area contributed by atoms with Crippen molar-refractivity contribution in [3.05, 3.63) is 47.0 Å². The summed E-state index contributed by atoms with van der Waals surface area (Å²) in [5.41, 5.74) is 1.45. The minimum Gasteiger partial charge on any atom is -0.362 e. The molecule has 0 saturated carbocycles. The second-order valence-electron chi connectivity index (χ2n) is 7.00. The fraction of sp³-hybridized carbons (Fsp3) is 0.476. The van der Waals surface area contributed by atoms with E-state index < -0.39 is 0 Å². The van der Waals surface area contributed by atoms with E-state index in [4.69, 9.17) is 0 Å². The van der Waals surface area contributed by atoms with Gasteiger partial charge in [-0.3, -0.25) is 9.59 Å². The molecule has 6 nitrogen and oxygen atoms in total. The van der Waals surface area contributed by atoms with Crippen LogP contribution in [-0.4, -0.2) is 40.8 Å². The van der Waals surface area contributed by atoms with Crippen LogP contribution in [0.2, 0.25) is 0 Å². The van der Waals surface area contributed by atoms with E-state index in [9.17, 15) is 9.59 Å². The number of hydrogen-bond donors (Lipinski definition) is 2. The maximum Gasteiger partial charge on any atom is 0.273 e. The van der Waals surface area contributed by atoms with Crippen LogP contribution in [0.5, 0.6) is 0 Å². The van der Waals surface area contributed by atoms with Crippen molar-refractivity contribution in [1.82, 2.24) is 15.2 Å². The van der Waals surface area contributed by atoms with Crippen molar-refractivity contribution < 1.29 is 9.59 Å². The number of nitrogens with zero attached hydrogens (tertiary/aromatic N) is 2. The minimum atomic E-state index is -0.152. The van der Waals surface area contributed by atoms with E-state index in [1.54, 1.807) is 10.3 Å². The highest BCUT2D eigenvalue weighted by Gasteiger charge is 2.20. The van der Waals surface area contributed by atoms with Crippen molar-refractivity contribution in [2.45, 2.75) is 52.6 Å². The van der Waals surface area contributed by atoms with Gasteiger partial charge in [-0.1, -0.05) is 43.7 Å². The number of thiazole rings is 1. The fourth-order valence-corrected chi connectivity index (χ4v) is 3.39. The smallest absolute Gasteiger partial charge is 0.273 e. The molecule has 0 radical (unpaired) electrons. The Hall–Kier alpha value is -2.41. The average molecular weight is 403 g/mol. The normalized spacial score (nSPS) is 10.7. The molecule has 152 valence electrons. The van der Waals surface area contributed by atoms with Crippen LogP contribution in [0.15, 0.2) is 35.7 Å². The van der Waals surface area contributed by atoms with Crippen molar-refractivity contribution in [3.8, 4) is 0 Å². The zero-order valence-corrected chi connectivity index (χ0v) is 17.7. The van der Waals surface area contributed by atoms with Crippen LogP contribution in [0.3, 0.4) is 0 Å². The Labute approximate surface area is 171 Å². The first kappa shape index (κ1) is 21.9. The Bertz CT molecular complexity index is 746. The van der Waals surface area contributed by atoms with Crippen LogP contribution in [-0.2, 0) is 11.3 Å². The van der Waals surface area contributed by atoms with Gasteiger partial charge in [0, 0.05) is 37.5 Å². The maximum atomic E-state index is 13.0. The molecule has 28 heavy (non-hydrogen) atoms. The molecule has 1 aromatic heterocycles. The Morgan fingerprint density at radius 2 is 1.96 bits per heavy atom. The van der Waals surface area contributed by atoms with E-state index in [-0.39, 0.29) is 24.3 Å². The molecular weight excluding hydrogens is 372 g/mol. The van der Waals surface area contributed by atoms with Crippen LogP contribution in [0.1, 0.15) is 56.1 Å². The Balaban J connectivity index is 2.06. The summed E-state index contributed by atoms with van der Waals surface area (Å²) in [6.07, 6.45) is 2.43. The third-order valence-electron chi connectivity index (χ3n) is 4.09. The summed E-state index contributed by atoms with van der Waals surface area (Å²) < 4.78 is 0. The standard InChI is InChI=1S/C21H30N4O2S/c1-4-5-12-22-21-24-18(15-28-21)20(27)25(13-11-19(26)23-16(2)3)14-17-9-7-6-8-10-17/h6-10,15-16H,4-5,11-14H2,1-3H3,(H,22,24)(H,23,26). The van der Waals surface area contributed by atoms with Gasteiger partial charge >= 0.3 is 0 Å². The predicted octanol–water partition coefficient (Wildman–Crippen LogP) is 3.91. The van der Waals surface area contributed by atoms with Crippen molar-refractivity contribution in [2.24, 2.45) is 0 Å². The summed E-state index contributed by atoms with van der Waals surface area (Å²) in [6, 6.07) is 9.88. The van der Waals surface area contributed by atoms with Crippen molar-refractivity contribution in [1.29, 1.82) is 0 Å². The molecule has 0 aliphatic heterocycles. The van der Waals surface area contributed by atoms with Crippen molar-refractivity contribution in [3.63, 3.8) is 0 Å². The summed E-state index contributed by atoms with van der Waals surface area (Å²) in [6.45, 7) is 7.63. The molecule has 1 heterocycles. The molecule has 0 aliphatic carbocycles. The molecule has 0 saturated heterocycles. The summed E-state index contributed by atoms with van der Waals surface area (Å²) in [4.78, 5) is 31.2. The lowest BCUT2D eigenvalue weighted by molar-refractivity contribution is -0.121. The van der Waals surface area contributed by atoms with Gasteiger partial charge in [0.15, 0.2) is 5.13 Å². The number of carbonyl (C=O) groups is 2. The van der Waals surface area contributed by atoms with E-state index in [0.29, 0.717) is 18.8 Å². The number of amides is 2. The summed E-state index contributed by atoms with van der Waals surface area (Å²) in [7, 11) is 0. The number of unbranched alkanes of at least 4 members (excludes halogenated alkanes) is 1. The first-order valence-electron chi connectivity index (χ1n) is 9.81. The molecule has 0 spiro atoms. The fourth-order valence-electron chi connectivity index (χ4n) is 2.67. The van der Waals surface area contributed by atoms with Crippen LogP contribution >= 0.6 is 11.3 Å². The van der Waals surface area contributed by atoms with Gasteiger partial charge in [0.05, 0.1) is 0 Å². The number of carbonyl (C=O) groups excluding carboxylic acids is 2. The topological polar surface area (TPSA) is 74.3 Å². The zero-order valence-electron chi connectivity index (χ0n) is 16.9. The van der Waals surface area contributed by atoms with Gasteiger partial charge < -0.3 is 15.5 Å². The van der Waals surface area contributed by atoms with Gasteiger partial charge in [-0.2, -0.15) is 0 Å². The second kappa shape index (κ2) is 11.4. The largest absolute Gasteiger partial charge is 0.362 e. The third-order valence-corrected chi connectivity index (χ3v) is 4.89. The molecular formula is C21H30N4O2S. The molecule has 2 aromatic rings. The SMILES string of the molecule is CCCCNc1nc(C(=O)N(CCC(=O)NC(C)C)Cc2ccccc2)cs1. The lowest BCUT2D eigenvalue weighted by atomic mass is 10.2. The molecule has 0 atom stereocenters. The van der Waals surface area contributed by atoms with Crippen molar-refractivity contribution >= 4 is 28.3 Å². The molecule has 0 aliphatic rings. The van der Waals surface area contributed by atoms with E-state index in [0.717, 1.165) is 30.1 Å². The molecule has 7 heteroatoms. The molecule has 2 N–H and O–H groups in total. The molecule has 0 fully saturated rings. The lowest BCUT2D eigenvalue weighted by Crippen LogP contribution is -2.36. The van der Waals surface area contributed by atoms with E-state index in [1.807, 2.05) is 44.2 Å². The molecule has 2 amide bonds. The zero-order chi connectivity index (χ0) is 20.4. The predicted molar refractivity (Wildman–Crippen MR) is 115 cm³/mol. The van der Waals surface area contributed by atoms with Gasteiger partial charge in [0.1, 0.15) is 5.69 Å². The Morgan fingerprint density at radius 1 is 1.21 bits per heavy atom. The number of anilines is 1. The molecule has 0 unspecified atom stereocenters. The number of aromatic nitrogens is 1. The Kier molecular flexibility index (Phi) is 8.94. The lowest BCUT2D eigenvalue weighted by Gasteiger charge is -2.22. The number of benzene rings is 1. The van der Waals surface area contributed by atoms with E-state index >= 15 is 0 Å². The maximum absolute atomic E-state index is 13.0. The van der Waals surface area contributed by atoms with Crippen LogP contribution in [0.4, 0.5) is 5.13 Å². The van der Waals surface area contributed by atoms with Gasteiger partial charge in [0.25, 0.3) is 5.91 Å². The van der Waals surface area contributed by atoms with E-state index in [2.05, 4.69) is 22.5 Å². The second-order valence-corrected chi connectivity index (χ2v) is 7.86. The van der Waals surface area contributed by atoms with Crippen LogP contribution in [0, 0.1) is 0 Å². The third kappa shape index (κ3) is 7.31. The molecule has 2 rings (SSSR count). The number of hydrogen-bond acceptors (Lipinski definition) is 5. The van der Waals surface area contributed by atoms with Crippen LogP contribution in [0.25, 0.3) is 0 Å². The highest BCUT2D eigenvalue weighted by Crippen LogP contribution is 2.18. The first-order chi connectivity index (χ1) is 13.5. The summed E-state index contributed by atoms with van der Waals surface area (Å²) in [5.74, 6) is -0.206. The molecule has 0 bridgehead atoms. The van der Waals surface area contributed by atoms with E-state index in [1.165, 1.54) is 11.3 Å². The highest BCUT2D eigenvalue weighted by atomic mass is 32.1. The van der Waals surface area contributed by atoms with Gasteiger partial charge in [0.2, 0.25) is 5.91 Å². The highest BCUT2D eigenvalue weighted by molar-refractivity contribution is 7.13. The van der Waals surface area contributed by atoms with Crippen LogP contribution < -0.4 is 10.6 Å². The average Bonchev–Trinajstić information content (AvgIpc) is 3.14. The Morgan fingerprint density at radius 3 is 2.64 bits per heavy atom. The molecule has 1 aromatic carbocycles. The number of rotatable bonds is 11. The minimum absolute atomic E-state index is 0.0546.